The maximum atomic E-state index is 15.3. The van der Waals surface area contributed by atoms with Gasteiger partial charge in [-0.1, -0.05) is 31.2 Å². The van der Waals surface area contributed by atoms with Gasteiger partial charge in [0.25, 0.3) is 5.92 Å². The van der Waals surface area contributed by atoms with Crippen LogP contribution in [0.2, 0.25) is 0 Å². The molecule has 10 heteroatoms. The number of fused-ring (bicyclic) bond motifs is 1. The van der Waals surface area contributed by atoms with Gasteiger partial charge in [-0.2, -0.15) is 0 Å². The zero-order valence-corrected chi connectivity index (χ0v) is 18.9. The summed E-state index contributed by atoms with van der Waals surface area (Å²) in [7, 11) is 0. The van der Waals surface area contributed by atoms with Crippen molar-refractivity contribution in [3.63, 3.8) is 0 Å². The average Bonchev–Trinajstić information content (AvgIpc) is 3.35. The smallest absolute Gasteiger partial charge is 0.434 e. The topological polar surface area (TPSA) is 98.1 Å². The van der Waals surface area contributed by atoms with E-state index >= 15 is 8.78 Å². The van der Waals surface area contributed by atoms with Crippen molar-refractivity contribution in [1.29, 1.82) is 0 Å². The van der Waals surface area contributed by atoms with Gasteiger partial charge in [0, 0.05) is 30.0 Å². The maximum absolute atomic E-state index is 15.3. The van der Waals surface area contributed by atoms with E-state index < -0.39 is 53.3 Å². The minimum Gasteiger partial charge on any atom is -0.461 e. The predicted molar refractivity (Wildman–Crippen MR) is 119 cm³/mol. The summed E-state index contributed by atoms with van der Waals surface area (Å²) in [5.41, 5.74) is -0.0244. The van der Waals surface area contributed by atoms with Crippen molar-refractivity contribution in [3.05, 3.63) is 76.6 Å². The minimum absolute atomic E-state index is 0.364. The molecule has 182 valence electrons. The van der Waals surface area contributed by atoms with Crippen LogP contribution in [0.3, 0.4) is 0 Å². The van der Waals surface area contributed by atoms with Crippen LogP contribution < -0.4 is 5.76 Å². The van der Waals surface area contributed by atoms with E-state index in [2.05, 4.69) is 15.2 Å². The number of allylic oxidation sites excluding steroid dienone is 1. The van der Waals surface area contributed by atoms with Crippen LogP contribution in [0.15, 0.2) is 57.9 Å². The molecule has 1 aliphatic carbocycles. The van der Waals surface area contributed by atoms with Crippen LogP contribution in [-0.4, -0.2) is 33.2 Å². The summed E-state index contributed by atoms with van der Waals surface area (Å²) in [5.74, 6) is -8.51. The molecular formula is C25H22F3N3O4. The number of hydrogen-bond acceptors (Lipinski definition) is 6. The highest BCUT2D eigenvalue weighted by Gasteiger charge is 2.71. The first-order valence-corrected chi connectivity index (χ1v) is 11.2. The largest absolute Gasteiger partial charge is 0.461 e. The number of nitrogens with one attached hydrogen (secondary N) is 1. The lowest BCUT2D eigenvalue weighted by molar-refractivity contribution is -0.159. The molecule has 3 heterocycles. The van der Waals surface area contributed by atoms with Crippen LogP contribution in [0.4, 0.5) is 13.2 Å². The fourth-order valence-electron chi connectivity index (χ4n) is 5.41. The van der Waals surface area contributed by atoms with Crippen LogP contribution in [0.5, 0.6) is 0 Å². The SMILES string of the molecule is C[C@H]1OC(=O)[C@@]2(c3n[nH]c(=O)o3)CC(F)(F)[C@@H](C)[C@H](C=Cc3ccc(-c4cccc(F)c4)cn3)[C@H]12. The number of rotatable bonds is 4. The van der Waals surface area contributed by atoms with E-state index in [9.17, 15) is 14.0 Å². The fraction of sp³-hybridized carbons (Fsp3) is 0.360. The Balaban J connectivity index is 1.51. The molecule has 2 aliphatic rings. The number of cyclic esters (lactones) is 1. The zero-order chi connectivity index (χ0) is 25.0. The molecule has 1 aliphatic heterocycles. The molecule has 5 atom stereocenters. The van der Waals surface area contributed by atoms with E-state index in [1.54, 1.807) is 49.5 Å². The molecule has 1 saturated carbocycles. The van der Waals surface area contributed by atoms with Gasteiger partial charge in [-0.05, 0) is 42.7 Å². The second-order valence-electron chi connectivity index (χ2n) is 9.17. The van der Waals surface area contributed by atoms with Gasteiger partial charge in [-0.25, -0.2) is 23.1 Å². The Bertz CT molecular complexity index is 1350. The minimum atomic E-state index is -3.26. The van der Waals surface area contributed by atoms with E-state index in [-0.39, 0.29) is 11.7 Å². The molecule has 1 N–H and O–H groups in total. The monoisotopic (exact) mass is 485 g/mol. The molecule has 3 aromatic rings. The number of alkyl halides is 2. The molecule has 1 aromatic carbocycles. The Morgan fingerprint density at radius 3 is 2.60 bits per heavy atom. The molecule has 2 aromatic heterocycles. The Labute approximate surface area is 198 Å². The van der Waals surface area contributed by atoms with Gasteiger partial charge in [0.1, 0.15) is 11.9 Å². The highest BCUT2D eigenvalue weighted by molar-refractivity contribution is 5.85. The van der Waals surface area contributed by atoms with Crippen LogP contribution in [0.1, 0.15) is 31.9 Å². The first-order chi connectivity index (χ1) is 16.6. The number of H-pyrrole nitrogens is 1. The lowest BCUT2D eigenvalue weighted by Gasteiger charge is -2.46. The molecule has 7 nitrogen and oxygen atoms in total. The fourth-order valence-corrected chi connectivity index (χ4v) is 5.41. The van der Waals surface area contributed by atoms with Crippen LogP contribution in [0, 0.1) is 23.6 Å². The van der Waals surface area contributed by atoms with Crippen molar-refractivity contribution >= 4 is 12.0 Å². The van der Waals surface area contributed by atoms with Crippen LogP contribution >= 0.6 is 0 Å². The van der Waals surface area contributed by atoms with Crippen LogP contribution in [0.25, 0.3) is 17.2 Å². The van der Waals surface area contributed by atoms with Crippen molar-refractivity contribution in [1.82, 2.24) is 15.2 Å². The molecule has 35 heavy (non-hydrogen) atoms. The maximum Gasteiger partial charge on any atom is 0.434 e. The number of halogens is 3. The van der Waals surface area contributed by atoms with E-state index in [1.165, 1.54) is 19.1 Å². The first-order valence-electron chi connectivity index (χ1n) is 11.2. The number of benzene rings is 1. The molecule has 0 radical (unpaired) electrons. The third-order valence-electron chi connectivity index (χ3n) is 7.16. The van der Waals surface area contributed by atoms with E-state index in [0.717, 1.165) is 0 Å². The Morgan fingerprint density at radius 1 is 1.14 bits per heavy atom. The summed E-state index contributed by atoms with van der Waals surface area (Å²) in [6.07, 6.45) is 3.21. The molecule has 0 amide bonds. The summed E-state index contributed by atoms with van der Waals surface area (Å²) < 4.78 is 54.5. The molecular weight excluding hydrogens is 463 g/mol. The third kappa shape index (κ3) is 3.77. The van der Waals surface area contributed by atoms with E-state index in [1.807, 2.05) is 0 Å². The Kier molecular flexibility index (Phi) is 5.41. The quantitative estimate of drug-likeness (QED) is 0.552. The highest BCUT2D eigenvalue weighted by Crippen LogP contribution is 2.59. The number of hydrogen-bond donors (Lipinski definition) is 1. The van der Waals surface area contributed by atoms with Gasteiger partial charge in [0.2, 0.25) is 5.89 Å². The second-order valence-corrected chi connectivity index (χ2v) is 9.17. The number of nitrogens with zero attached hydrogens (tertiary/aromatic N) is 2. The standard InChI is InChI=1S/C25H22F3N3O4/c1-13-19(9-8-18-7-6-16(11-29-18)15-4-3-5-17(26)10-15)20-14(2)34-22(32)24(20,12-25(13,27)28)21-30-31-23(33)35-21/h3-11,13-14,19-20H,12H2,1-2H3,(H,31,33)/t13-,14+,19-,20-,24-/m0/s1. The first kappa shape index (κ1) is 23.1. The van der Waals surface area contributed by atoms with Crippen molar-refractivity contribution in [3.8, 4) is 11.1 Å². The Hall–Kier alpha value is -3.69. The zero-order valence-electron chi connectivity index (χ0n) is 18.9. The average molecular weight is 485 g/mol. The second kappa shape index (κ2) is 8.21. The lowest BCUT2D eigenvalue weighted by atomic mass is 9.56. The number of carbonyl (C=O) groups excluding carboxylic acids is 1. The Morgan fingerprint density at radius 2 is 1.94 bits per heavy atom. The molecule has 1 saturated heterocycles. The van der Waals surface area contributed by atoms with Gasteiger partial charge >= 0.3 is 11.7 Å². The van der Waals surface area contributed by atoms with Crippen molar-refractivity contribution in [2.75, 3.05) is 0 Å². The molecule has 0 spiro atoms. The highest BCUT2D eigenvalue weighted by atomic mass is 19.3. The molecule has 0 unspecified atom stereocenters. The summed E-state index contributed by atoms with van der Waals surface area (Å²) in [6, 6.07) is 9.55. The molecule has 5 rings (SSSR count). The van der Waals surface area contributed by atoms with Crippen molar-refractivity contribution < 1.29 is 27.1 Å². The van der Waals surface area contributed by atoms with Crippen molar-refractivity contribution in [2.45, 2.75) is 37.7 Å². The van der Waals surface area contributed by atoms with E-state index in [4.69, 9.17) is 9.15 Å². The van der Waals surface area contributed by atoms with Gasteiger partial charge in [-0.15, -0.1) is 5.10 Å². The van der Waals surface area contributed by atoms with Gasteiger partial charge in [0.15, 0.2) is 5.41 Å². The van der Waals surface area contributed by atoms with Gasteiger partial charge < -0.3 is 9.15 Å². The normalized spacial score (nSPS) is 29.8. The summed E-state index contributed by atoms with van der Waals surface area (Å²) in [6.45, 7) is 3.06. The summed E-state index contributed by atoms with van der Waals surface area (Å²) in [5, 5.41) is 5.81. The third-order valence-corrected chi connectivity index (χ3v) is 7.16. The number of pyridine rings is 1. The lowest BCUT2D eigenvalue weighted by Crippen LogP contribution is -2.56. The number of esters is 1. The number of aromatic amines is 1. The summed E-state index contributed by atoms with van der Waals surface area (Å²) >= 11 is 0. The molecule has 0 bridgehead atoms. The van der Waals surface area contributed by atoms with Gasteiger partial charge in [0.05, 0.1) is 5.69 Å². The van der Waals surface area contributed by atoms with Gasteiger partial charge in [-0.3, -0.25) is 9.78 Å². The van der Waals surface area contributed by atoms with Crippen molar-refractivity contribution in [2.24, 2.45) is 17.8 Å². The predicted octanol–water partition coefficient (Wildman–Crippen LogP) is 4.37. The number of carbonyl (C=O) groups is 1. The summed E-state index contributed by atoms with van der Waals surface area (Å²) in [4.78, 5) is 28.9. The number of ether oxygens (including phenoxy) is 1. The van der Waals surface area contributed by atoms with E-state index in [0.29, 0.717) is 16.8 Å². The number of aromatic nitrogens is 3. The molecule has 2 fully saturated rings. The van der Waals surface area contributed by atoms with Crippen LogP contribution in [-0.2, 0) is 14.9 Å².